The predicted octanol–water partition coefficient (Wildman–Crippen LogP) is 2.73. The van der Waals surface area contributed by atoms with Crippen LogP contribution in [-0.2, 0) is 9.59 Å². The van der Waals surface area contributed by atoms with Crippen molar-refractivity contribution in [3.8, 4) is 0 Å². The van der Waals surface area contributed by atoms with Gasteiger partial charge in [-0.25, -0.2) is 0 Å². The topological polar surface area (TPSA) is 52.7 Å². The van der Waals surface area contributed by atoms with E-state index in [2.05, 4.69) is 10.2 Å². The summed E-state index contributed by atoms with van der Waals surface area (Å²) in [5, 5.41) is 3.44. The number of nitrogens with zero attached hydrogens (tertiary/aromatic N) is 2. The van der Waals surface area contributed by atoms with E-state index in [4.69, 9.17) is 0 Å². The Morgan fingerprint density at radius 1 is 1.15 bits per heavy atom. The number of carbonyl (C=O) groups is 2. The number of hydrogen-bond acceptors (Lipinski definition) is 3. The Morgan fingerprint density at radius 3 is 2.73 bits per heavy atom. The fourth-order valence-electron chi connectivity index (χ4n) is 4.57. The summed E-state index contributed by atoms with van der Waals surface area (Å²) in [7, 11) is 0. The van der Waals surface area contributed by atoms with Crippen LogP contribution in [0, 0.1) is 0 Å². The third kappa shape index (κ3) is 3.38. The van der Waals surface area contributed by atoms with Gasteiger partial charge in [0.1, 0.15) is 0 Å². The summed E-state index contributed by atoms with van der Waals surface area (Å²) in [6, 6.07) is 8.50. The highest BCUT2D eigenvalue weighted by molar-refractivity contribution is 5.85. The molecule has 26 heavy (non-hydrogen) atoms. The third-order valence-corrected chi connectivity index (χ3v) is 5.78. The smallest absolute Gasteiger partial charge is 0.225 e. The van der Waals surface area contributed by atoms with Crippen LogP contribution in [0.4, 0.5) is 0 Å². The summed E-state index contributed by atoms with van der Waals surface area (Å²) < 4.78 is 0. The lowest BCUT2D eigenvalue weighted by Gasteiger charge is -2.35. The van der Waals surface area contributed by atoms with Crippen LogP contribution in [0.2, 0.25) is 0 Å². The van der Waals surface area contributed by atoms with Gasteiger partial charge in [-0.2, -0.15) is 0 Å². The van der Waals surface area contributed by atoms with Crippen LogP contribution >= 0.6 is 12.4 Å². The molecule has 0 aromatic heterocycles. The average Bonchev–Trinajstić information content (AvgIpc) is 2.87. The number of hydrogen-bond donors (Lipinski definition) is 1. The summed E-state index contributed by atoms with van der Waals surface area (Å²) in [6.07, 6.45) is 7.35. The molecule has 0 aliphatic carbocycles. The molecule has 2 fully saturated rings. The zero-order chi connectivity index (χ0) is 17.4. The molecule has 140 valence electrons. The number of rotatable bonds is 2. The average molecular weight is 376 g/mol. The molecule has 0 spiro atoms. The number of benzene rings is 1. The molecule has 5 nitrogen and oxygen atoms in total. The molecule has 1 N–H and O–H groups in total. The van der Waals surface area contributed by atoms with Gasteiger partial charge in [0, 0.05) is 31.8 Å². The molecule has 3 atom stereocenters. The lowest BCUT2D eigenvalue weighted by molar-refractivity contribution is -0.136. The molecule has 1 aromatic rings. The van der Waals surface area contributed by atoms with Crippen molar-refractivity contribution in [2.45, 2.75) is 50.7 Å². The van der Waals surface area contributed by atoms with Gasteiger partial charge in [0.25, 0.3) is 0 Å². The molecule has 3 aliphatic rings. The van der Waals surface area contributed by atoms with Crippen LogP contribution in [0.15, 0.2) is 30.5 Å². The van der Waals surface area contributed by atoms with Crippen LogP contribution in [0.25, 0.3) is 6.08 Å². The van der Waals surface area contributed by atoms with E-state index < -0.39 is 0 Å². The molecule has 3 unspecified atom stereocenters. The minimum absolute atomic E-state index is 0. The largest absolute Gasteiger partial charge is 0.335 e. The molecule has 0 saturated carbocycles. The molecule has 3 aliphatic heterocycles. The van der Waals surface area contributed by atoms with Gasteiger partial charge >= 0.3 is 0 Å². The first-order valence-electron chi connectivity index (χ1n) is 9.23. The number of amides is 2. The van der Waals surface area contributed by atoms with Gasteiger partial charge in [0.05, 0.1) is 12.5 Å². The highest BCUT2D eigenvalue weighted by Crippen LogP contribution is 2.35. The predicted molar refractivity (Wildman–Crippen MR) is 104 cm³/mol. The lowest BCUT2D eigenvalue weighted by Crippen LogP contribution is -2.44. The van der Waals surface area contributed by atoms with Gasteiger partial charge in [-0.3, -0.25) is 9.59 Å². The summed E-state index contributed by atoms with van der Waals surface area (Å²) in [5.74, 6) is 0.154. The molecule has 0 radical (unpaired) electrons. The Morgan fingerprint density at radius 2 is 1.92 bits per heavy atom. The van der Waals surface area contributed by atoms with Crippen LogP contribution in [0.1, 0.15) is 49.8 Å². The minimum atomic E-state index is -0.207. The van der Waals surface area contributed by atoms with Gasteiger partial charge in [0.2, 0.25) is 11.8 Å². The van der Waals surface area contributed by atoms with Crippen molar-refractivity contribution in [1.29, 1.82) is 0 Å². The van der Waals surface area contributed by atoms with E-state index >= 15 is 0 Å². The fraction of sp³-hybridized carbons (Fsp3) is 0.500. The number of carbonyl (C=O) groups excluding carboxylic acids is 2. The van der Waals surface area contributed by atoms with E-state index in [1.807, 2.05) is 36.5 Å². The monoisotopic (exact) mass is 375 g/mol. The van der Waals surface area contributed by atoms with Gasteiger partial charge in [0.15, 0.2) is 0 Å². The molecule has 2 saturated heterocycles. The number of fused-ring (bicyclic) bond motifs is 3. The Kier molecular flexibility index (Phi) is 5.68. The highest BCUT2D eigenvalue weighted by Gasteiger charge is 2.39. The van der Waals surface area contributed by atoms with E-state index in [0.29, 0.717) is 18.5 Å². The van der Waals surface area contributed by atoms with Gasteiger partial charge < -0.3 is 15.1 Å². The maximum absolute atomic E-state index is 13.2. The van der Waals surface area contributed by atoms with E-state index in [-0.39, 0.29) is 30.3 Å². The van der Waals surface area contributed by atoms with E-state index in [1.165, 1.54) is 0 Å². The van der Waals surface area contributed by atoms with E-state index in [9.17, 15) is 9.59 Å². The second-order valence-corrected chi connectivity index (χ2v) is 7.27. The first-order chi connectivity index (χ1) is 12.1. The van der Waals surface area contributed by atoms with Crippen molar-refractivity contribution in [2.75, 3.05) is 13.1 Å². The van der Waals surface area contributed by atoms with Crippen molar-refractivity contribution in [1.82, 2.24) is 15.1 Å². The molecule has 6 heteroatoms. The Bertz CT molecular complexity index is 707. The van der Waals surface area contributed by atoms with Crippen LogP contribution in [-0.4, -0.2) is 46.8 Å². The second kappa shape index (κ2) is 7.80. The molecule has 3 heterocycles. The summed E-state index contributed by atoms with van der Waals surface area (Å²) in [4.78, 5) is 29.1. The molecular weight excluding hydrogens is 350 g/mol. The molecule has 2 amide bonds. The number of nitrogens with one attached hydrogen (secondary N) is 1. The van der Waals surface area contributed by atoms with E-state index in [0.717, 1.165) is 43.5 Å². The zero-order valence-corrected chi connectivity index (χ0v) is 15.9. The lowest BCUT2D eigenvalue weighted by atomic mass is 9.93. The maximum Gasteiger partial charge on any atom is 0.225 e. The number of halogens is 1. The van der Waals surface area contributed by atoms with Crippen molar-refractivity contribution in [3.63, 3.8) is 0 Å². The van der Waals surface area contributed by atoms with Gasteiger partial charge in [-0.05, 0) is 43.0 Å². The van der Waals surface area contributed by atoms with Crippen molar-refractivity contribution in [3.05, 3.63) is 41.6 Å². The van der Waals surface area contributed by atoms with Crippen LogP contribution in [0.3, 0.4) is 0 Å². The van der Waals surface area contributed by atoms with Crippen molar-refractivity contribution < 1.29 is 9.59 Å². The molecular formula is C20H26ClN3O2. The van der Waals surface area contributed by atoms with Gasteiger partial charge in [-0.15, -0.1) is 12.4 Å². The maximum atomic E-state index is 13.2. The standard InChI is InChI=1S/C20H25N3O2.ClH/c1-14(24)22-11-9-15-4-2-3-5-18(15)19(22)12-20(25)23-16-6-7-17(23)13-21-10-8-16;/h2-5,9,11,16-17,19,21H,6-8,10,12-13H2,1H3;1H. The molecule has 4 rings (SSSR count). The third-order valence-electron chi connectivity index (χ3n) is 5.78. The highest BCUT2D eigenvalue weighted by atomic mass is 35.5. The SMILES string of the molecule is CC(=O)N1C=Cc2ccccc2C1CC(=O)N1C2CCNCC1CC2.Cl. The first-order valence-corrected chi connectivity index (χ1v) is 9.23. The molecule has 1 aromatic carbocycles. The summed E-state index contributed by atoms with van der Waals surface area (Å²) in [6.45, 7) is 3.44. The Balaban J connectivity index is 0.00000196. The van der Waals surface area contributed by atoms with Crippen LogP contribution in [0.5, 0.6) is 0 Å². The molecule has 2 bridgehead atoms. The normalized spacial score (nSPS) is 26.7. The Labute approximate surface area is 160 Å². The Hall–Kier alpha value is -1.85. The quantitative estimate of drug-likeness (QED) is 0.864. The van der Waals surface area contributed by atoms with Crippen LogP contribution < -0.4 is 5.32 Å². The van der Waals surface area contributed by atoms with Crippen molar-refractivity contribution in [2.24, 2.45) is 0 Å². The van der Waals surface area contributed by atoms with Gasteiger partial charge in [-0.1, -0.05) is 24.3 Å². The van der Waals surface area contributed by atoms with Crippen molar-refractivity contribution >= 4 is 30.3 Å². The summed E-state index contributed by atoms with van der Waals surface area (Å²) >= 11 is 0. The minimum Gasteiger partial charge on any atom is -0.335 e. The zero-order valence-electron chi connectivity index (χ0n) is 15.1. The summed E-state index contributed by atoms with van der Waals surface area (Å²) in [5.41, 5.74) is 2.16. The second-order valence-electron chi connectivity index (χ2n) is 7.27. The van der Waals surface area contributed by atoms with E-state index in [1.54, 1.807) is 11.8 Å². The fourth-order valence-corrected chi connectivity index (χ4v) is 4.57. The first kappa shape index (κ1) is 18.9.